The highest BCUT2D eigenvalue weighted by molar-refractivity contribution is 6.31. The molecule has 3 aromatic rings. The van der Waals surface area contributed by atoms with Gasteiger partial charge in [0.15, 0.2) is 5.70 Å². The largest absolute Gasteiger partial charge is 0.423 e. The zero-order valence-corrected chi connectivity index (χ0v) is 20.1. The molecule has 0 N–H and O–H groups in total. The average Bonchev–Trinajstić information content (AvgIpc) is 3.15. The van der Waals surface area contributed by atoms with Crippen LogP contribution in [0.3, 0.4) is 0 Å². The minimum absolute atomic E-state index is 0.000388. The molecule has 34 heavy (non-hydrogen) atoms. The van der Waals surface area contributed by atoms with Gasteiger partial charge in [-0.3, -0.25) is 0 Å². The van der Waals surface area contributed by atoms with Crippen molar-refractivity contribution < 1.29 is 19.1 Å². The molecule has 0 aliphatic carbocycles. The fourth-order valence-corrected chi connectivity index (χ4v) is 3.53. The molecular weight excluding hydrogens is 450 g/mol. The van der Waals surface area contributed by atoms with Crippen molar-refractivity contribution in [2.75, 3.05) is 0 Å². The van der Waals surface area contributed by atoms with Crippen LogP contribution in [0.25, 0.3) is 6.08 Å². The summed E-state index contributed by atoms with van der Waals surface area (Å²) >= 11 is 6.07. The zero-order valence-electron chi connectivity index (χ0n) is 19.4. The number of carbonyl (C=O) groups excluding carboxylic acids is 2. The summed E-state index contributed by atoms with van der Waals surface area (Å²) in [6.45, 7) is 8.21. The lowest BCUT2D eigenvalue weighted by molar-refractivity contribution is -0.129. The summed E-state index contributed by atoms with van der Waals surface area (Å²) in [5, 5.41) is 0.626. The molecule has 1 aliphatic rings. The number of cyclic esters (lactones) is 1. The quantitative estimate of drug-likeness (QED) is 0.246. The number of hydrogen-bond donors (Lipinski definition) is 0. The molecule has 1 aliphatic heterocycles. The van der Waals surface area contributed by atoms with Crippen LogP contribution >= 0.6 is 11.6 Å². The lowest BCUT2D eigenvalue weighted by atomic mass is 9.87. The van der Waals surface area contributed by atoms with E-state index in [0.29, 0.717) is 27.5 Å². The van der Waals surface area contributed by atoms with E-state index in [1.54, 1.807) is 54.6 Å². The Morgan fingerprint density at radius 2 is 1.76 bits per heavy atom. The van der Waals surface area contributed by atoms with Crippen molar-refractivity contribution in [3.8, 4) is 5.75 Å². The molecule has 0 unspecified atom stereocenters. The van der Waals surface area contributed by atoms with Gasteiger partial charge in [-0.05, 0) is 77.6 Å². The maximum atomic E-state index is 12.6. The van der Waals surface area contributed by atoms with Crippen LogP contribution in [0.2, 0.25) is 5.02 Å². The van der Waals surface area contributed by atoms with Crippen molar-refractivity contribution in [2.45, 2.75) is 33.1 Å². The summed E-state index contributed by atoms with van der Waals surface area (Å²) in [4.78, 5) is 29.3. The van der Waals surface area contributed by atoms with Gasteiger partial charge in [-0.25, -0.2) is 14.6 Å². The van der Waals surface area contributed by atoms with Gasteiger partial charge in [-0.1, -0.05) is 56.6 Å². The van der Waals surface area contributed by atoms with Gasteiger partial charge < -0.3 is 9.47 Å². The topological polar surface area (TPSA) is 65.0 Å². The summed E-state index contributed by atoms with van der Waals surface area (Å²) in [6.07, 6.45) is 1.59. The monoisotopic (exact) mass is 473 g/mol. The second-order valence-corrected chi connectivity index (χ2v) is 9.50. The first-order chi connectivity index (χ1) is 16.1. The number of nitrogens with zero attached hydrogens (tertiary/aromatic N) is 1. The Hall–Kier alpha value is -3.70. The Labute approximate surface area is 203 Å². The summed E-state index contributed by atoms with van der Waals surface area (Å²) in [5.74, 6) is -0.423. The molecule has 0 saturated heterocycles. The molecule has 172 valence electrons. The van der Waals surface area contributed by atoms with Crippen LogP contribution in [0.15, 0.2) is 77.4 Å². The third-order valence-corrected chi connectivity index (χ3v) is 5.81. The van der Waals surface area contributed by atoms with Crippen LogP contribution in [0.4, 0.5) is 0 Å². The Kier molecular flexibility index (Phi) is 6.40. The Balaban J connectivity index is 1.52. The van der Waals surface area contributed by atoms with Gasteiger partial charge in [-0.2, -0.15) is 0 Å². The first kappa shape index (κ1) is 23.5. The highest BCUT2D eigenvalue weighted by Gasteiger charge is 2.24. The van der Waals surface area contributed by atoms with Crippen LogP contribution in [-0.2, 0) is 14.9 Å². The molecule has 1 heterocycles. The lowest BCUT2D eigenvalue weighted by Crippen LogP contribution is -2.12. The number of rotatable bonds is 4. The van der Waals surface area contributed by atoms with E-state index in [-0.39, 0.29) is 17.0 Å². The van der Waals surface area contributed by atoms with Gasteiger partial charge in [-0.15, -0.1) is 0 Å². The van der Waals surface area contributed by atoms with Gasteiger partial charge in [0.1, 0.15) is 5.75 Å². The maximum Gasteiger partial charge on any atom is 0.363 e. The summed E-state index contributed by atoms with van der Waals surface area (Å²) in [5.41, 5.74) is 3.93. The van der Waals surface area contributed by atoms with Crippen molar-refractivity contribution >= 4 is 35.5 Å². The fraction of sp³-hybridized carbons (Fsp3) is 0.179. The number of ether oxygens (including phenoxy) is 2. The van der Waals surface area contributed by atoms with Gasteiger partial charge in [0.05, 0.1) is 5.56 Å². The Morgan fingerprint density at radius 3 is 2.44 bits per heavy atom. The van der Waals surface area contributed by atoms with Crippen molar-refractivity contribution in [3.05, 3.63) is 105 Å². The SMILES string of the molecule is Cc1cc(C2=N/C(=C/c3cccc(OC(=O)c4ccc(C(C)(C)C)cc4)c3)C(=O)O2)ccc1Cl. The molecule has 3 aromatic carbocycles. The van der Waals surface area contributed by atoms with Crippen LogP contribution < -0.4 is 4.74 Å². The Bertz CT molecular complexity index is 1330. The molecule has 0 spiro atoms. The predicted octanol–water partition coefficient (Wildman–Crippen LogP) is 6.51. The van der Waals surface area contributed by atoms with Crippen molar-refractivity contribution in [2.24, 2.45) is 4.99 Å². The molecular formula is C28H24ClNO4. The first-order valence-electron chi connectivity index (χ1n) is 10.8. The number of halogens is 1. The maximum absolute atomic E-state index is 12.6. The molecule has 0 aromatic heterocycles. The van der Waals surface area contributed by atoms with E-state index >= 15 is 0 Å². The normalized spacial score (nSPS) is 14.7. The second-order valence-electron chi connectivity index (χ2n) is 9.09. The van der Waals surface area contributed by atoms with Crippen LogP contribution in [0.1, 0.15) is 53.4 Å². The first-order valence-corrected chi connectivity index (χ1v) is 11.2. The summed E-state index contributed by atoms with van der Waals surface area (Å²) in [6, 6.07) is 19.6. The molecule has 0 amide bonds. The van der Waals surface area contributed by atoms with Crippen LogP contribution in [-0.4, -0.2) is 17.8 Å². The van der Waals surface area contributed by atoms with Crippen molar-refractivity contribution in [3.63, 3.8) is 0 Å². The van der Waals surface area contributed by atoms with E-state index in [9.17, 15) is 9.59 Å². The molecule has 0 radical (unpaired) electrons. The smallest absolute Gasteiger partial charge is 0.363 e. The average molecular weight is 474 g/mol. The van der Waals surface area contributed by atoms with Crippen molar-refractivity contribution in [1.82, 2.24) is 0 Å². The van der Waals surface area contributed by atoms with E-state index in [2.05, 4.69) is 25.8 Å². The van der Waals surface area contributed by atoms with Crippen LogP contribution in [0, 0.1) is 6.92 Å². The predicted molar refractivity (Wildman–Crippen MR) is 133 cm³/mol. The fourth-order valence-electron chi connectivity index (χ4n) is 3.41. The highest BCUT2D eigenvalue weighted by atomic mass is 35.5. The minimum Gasteiger partial charge on any atom is -0.423 e. The third kappa shape index (κ3) is 5.26. The number of esters is 2. The molecule has 0 saturated carbocycles. The van der Waals surface area contributed by atoms with E-state index in [1.807, 2.05) is 25.1 Å². The standard InChI is InChI=1S/C28H24ClNO4/c1-17-14-20(10-13-23(17)29)25-30-24(27(32)34-25)16-18-6-5-7-22(15-18)33-26(31)19-8-11-21(12-9-19)28(2,3)4/h5-16H,1-4H3/b24-16+. The number of carbonyl (C=O) groups is 2. The second kappa shape index (κ2) is 9.27. The molecule has 6 heteroatoms. The molecule has 4 rings (SSSR count). The lowest BCUT2D eigenvalue weighted by Gasteiger charge is -2.18. The minimum atomic E-state index is -0.552. The number of benzene rings is 3. The summed E-state index contributed by atoms with van der Waals surface area (Å²) < 4.78 is 10.9. The number of aliphatic imine (C=N–C) groups is 1. The summed E-state index contributed by atoms with van der Waals surface area (Å²) in [7, 11) is 0. The number of hydrogen-bond acceptors (Lipinski definition) is 5. The Morgan fingerprint density at radius 1 is 1.03 bits per heavy atom. The van der Waals surface area contributed by atoms with E-state index in [0.717, 1.165) is 11.1 Å². The number of aryl methyl sites for hydroxylation is 1. The van der Waals surface area contributed by atoms with Gasteiger partial charge in [0.25, 0.3) is 0 Å². The van der Waals surface area contributed by atoms with E-state index in [1.165, 1.54) is 0 Å². The van der Waals surface area contributed by atoms with Gasteiger partial charge in [0, 0.05) is 10.6 Å². The van der Waals surface area contributed by atoms with E-state index in [4.69, 9.17) is 21.1 Å². The molecule has 5 nitrogen and oxygen atoms in total. The van der Waals surface area contributed by atoms with Crippen molar-refractivity contribution in [1.29, 1.82) is 0 Å². The van der Waals surface area contributed by atoms with Gasteiger partial charge >= 0.3 is 11.9 Å². The highest BCUT2D eigenvalue weighted by Crippen LogP contribution is 2.25. The van der Waals surface area contributed by atoms with Gasteiger partial charge in [0.2, 0.25) is 5.90 Å². The molecule has 0 fully saturated rings. The van der Waals surface area contributed by atoms with E-state index < -0.39 is 11.9 Å². The third-order valence-electron chi connectivity index (χ3n) is 5.38. The molecule has 0 atom stereocenters. The molecule has 0 bridgehead atoms. The zero-order chi connectivity index (χ0) is 24.5. The van der Waals surface area contributed by atoms with Crippen LogP contribution in [0.5, 0.6) is 5.75 Å².